The second kappa shape index (κ2) is 14.5. The predicted octanol–water partition coefficient (Wildman–Crippen LogP) is 4.27. The first-order chi connectivity index (χ1) is 19.6. The minimum atomic E-state index is -4.23. The summed E-state index contributed by atoms with van der Waals surface area (Å²) in [6.07, 6.45) is 0.858. The first-order valence-electron chi connectivity index (χ1n) is 13.6. The molecule has 1 unspecified atom stereocenters. The zero-order valence-corrected chi connectivity index (χ0v) is 25.1. The Balaban J connectivity index is 2.05. The Hall–Kier alpha value is -4.05. The summed E-state index contributed by atoms with van der Waals surface area (Å²) in [7, 11) is -1.30. The van der Waals surface area contributed by atoms with Gasteiger partial charge in [-0.1, -0.05) is 49.4 Å². The smallest absolute Gasteiger partial charge is 0.264 e. The molecule has 10 heteroatoms. The van der Waals surface area contributed by atoms with Crippen molar-refractivity contribution in [3.05, 3.63) is 84.4 Å². The van der Waals surface area contributed by atoms with E-state index in [-0.39, 0.29) is 34.8 Å². The molecule has 41 heavy (non-hydrogen) atoms. The average Bonchev–Trinajstić information content (AvgIpc) is 2.97. The molecule has 0 aliphatic rings. The van der Waals surface area contributed by atoms with Crippen LogP contribution in [0, 0.1) is 0 Å². The Labute approximate surface area is 243 Å². The number of benzene rings is 3. The molecular formula is C31H39N3O6S. The summed E-state index contributed by atoms with van der Waals surface area (Å²) in [6.45, 7) is 5.24. The van der Waals surface area contributed by atoms with E-state index < -0.39 is 28.5 Å². The standard InChI is InChI=1S/C31H39N3O6S/c1-6-27(31(36)32-23(2)3)33(21-20-24-12-8-7-9-13-24)30(35)22-34(28-14-10-11-15-29(28)40-5)41(37,38)26-18-16-25(39-4)17-19-26/h7-19,23,27H,6,20-22H2,1-5H3,(H,32,36). The third kappa shape index (κ3) is 8.00. The Bertz CT molecular complexity index is 1390. The van der Waals surface area contributed by atoms with Gasteiger partial charge in [-0.05, 0) is 68.7 Å². The summed E-state index contributed by atoms with van der Waals surface area (Å²) in [5.41, 5.74) is 1.21. The van der Waals surface area contributed by atoms with Crippen molar-refractivity contribution in [3.8, 4) is 11.5 Å². The van der Waals surface area contributed by atoms with Crippen LogP contribution in [0.2, 0.25) is 0 Å². The lowest BCUT2D eigenvalue weighted by atomic mass is 10.1. The zero-order chi connectivity index (χ0) is 30.0. The lowest BCUT2D eigenvalue weighted by Crippen LogP contribution is -2.54. The molecule has 0 fully saturated rings. The van der Waals surface area contributed by atoms with E-state index in [9.17, 15) is 18.0 Å². The number of anilines is 1. The van der Waals surface area contributed by atoms with Crippen molar-refractivity contribution in [2.24, 2.45) is 0 Å². The molecule has 1 atom stereocenters. The molecular weight excluding hydrogens is 542 g/mol. The van der Waals surface area contributed by atoms with Gasteiger partial charge in [-0.2, -0.15) is 0 Å². The Morgan fingerprint density at radius 3 is 2.10 bits per heavy atom. The fourth-order valence-corrected chi connectivity index (χ4v) is 5.93. The van der Waals surface area contributed by atoms with Gasteiger partial charge >= 0.3 is 0 Å². The van der Waals surface area contributed by atoms with Crippen LogP contribution in [0.25, 0.3) is 0 Å². The number of ether oxygens (including phenoxy) is 2. The topological polar surface area (TPSA) is 105 Å². The van der Waals surface area contributed by atoms with Crippen LogP contribution in [-0.2, 0) is 26.0 Å². The van der Waals surface area contributed by atoms with Gasteiger partial charge in [0.2, 0.25) is 11.8 Å². The van der Waals surface area contributed by atoms with Gasteiger partial charge in [0, 0.05) is 12.6 Å². The average molecular weight is 582 g/mol. The van der Waals surface area contributed by atoms with E-state index in [0.29, 0.717) is 18.6 Å². The van der Waals surface area contributed by atoms with Crippen molar-refractivity contribution in [1.29, 1.82) is 0 Å². The van der Waals surface area contributed by atoms with Crippen LogP contribution in [-0.4, -0.2) is 64.5 Å². The number of nitrogens with one attached hydrogen (secondary N) is 1. The largest absolute Gasteiger partial charge is 0.497 e. The molecule has 3 aromatic rings. The molecule has 9 nitrogen and oxygen atoms in total. The highest BCUT2D eigenvalue weighted by molar-refractivity contribution is 7.92. The molecule has 2 amide bonds. The van der Waals surface area contributed by atoms with Crippen molar-refractivity contribution in [1.82, 2.24) is 10.2 Å². The Morgan fingerprint density at radius 2 is 1.51 bits per heavy atom. The molecule has 0 aromatic heterocycles. The van der Waals surface area contributed by atoms with Gasteiger partial charge in [0.25, 0.3) is 10.0 Å². The zero-order valence-electron chi connectivity index (χ0n) is 24.2. The second-order valence-electron chi connectivity index (χ2n) is 9.77. The SMILES string of the molecule is CCC(C(=O)NC(C)C)N(CCc1ccccc1)C(=O)CN(c1ccccc1OC)S(=O)(=O)c1ccc(OC)cc1. The van der Waals surface area contributed by atoms with E-state index >= 15 is 0 Å². The van der Waals surface area contributed by atoms with E-state index in [4.69, 9.17) is 9.47 Å². The van der Waals surface area contributed by atoms with Gasteiger partial charge in [-0.25, -0.2) is 8.42 Å². The summed E-state index contributed by atoms with van der Waals surface area (Å²) < 4.78 is 39.8. The van der Waals surface area contributed by atoms with Crippen LogP contribution in [0.1, 0.15) is 32.8 Å². The highest BCUT2D eigenvalue weighted by Crippen LogP contribution is 2.33. The van der Waals surface area contributed by atoms with E-state index in [1.165, 1.54) is 31.3 Å². The van der Waals surface area contributed by atoms with Crippen LogP contribution in [0.5, 0.6) is 11.5 Å². The van der Waals surface area contributed by atoms with Crippen molar-refractivity contribution in [3.63, 3.8) is 0 Å². The van der Waals surface area contributed by atoms with Crippen molar-refractivity contribution in [2.45, 2.75) is 50.6 Å². The monoisotopic (exact) mass is 581 g/mol. The normalized spacial score (nSPS) is 12.0. The maximum Gasteiger partial charge on any atom is 0.264 e. The second-order valence-corrected chi connectivity index (χ2v) is 11.6. The highest BCUT2D eigenvalue weighted by Gasteiger charge is 2.34. The van der Waals surface area contributed by atoms with Gasteiger partial charge in [0.15, 0.2) is 0 Å². The number of hydrogen-bond acceptors (Lipinski definition) is 6. The number of carbonyl (C=O) groups excluding carboxylic acids is 2. The minimum Gasteiger partial charge on any atom is -0.497 e. The first kappa shape index (κ1) is 31.5. The highest BCUT2D eigenvalue weighted by atomic mass is 32.2. The summed E-state index contributed by atoms with van der Waals surface area (Å²) in [5, 5.41) is 2.90. The minimum absolute atomic E-state index is 0.0163. The number of carbonyl (C=O) groups is 2. The molecule has 0 heterocycles. The maximum absolute atomic E-state index is 14.1. The predicted molar refractivity (Wildman–Crippen MR) is 160 cm³/mol. The van der Waals surface area contributed by atoms with Crippen molar-refractivity contribution < 1.29 is 27.5 Å². The third-order valence-corrected chi connectivity index (χ3v) is 8.36. The van der Waals surface area contributed by atoms with Crippen LogP contribution in [0.3, 0.4) is 0 Å². The fourth-order valence-electron chi connectivity index (χ4n) is 4.50. The lowest BCUT2D eigenvalue weighted by Gasteiger charge is -2.33. The quantitative estimate of drug-likeness (QED) is 0.305. The van der Waals surface area contributed by atoms with E-state index in [0.717, 1.165) is 9.87 Å². The van der Waals surface area contributed by atoms with Gasteiger partial charge in [0.1, 0.15) is 24.1 Å². The molecule has 0 spiro atoms. The van der Waals surface area contributed by atoms with E-state index in [1.807, 2.05) is 51.1 Å². The van der Waals surface area contributed by atoms with Crippen LogP contribution < -0.4 is 19.1 Å². The summed E-state index contributed by atoms with van der Waals surface area (Å²) in [5.74, 6) is -0.00355. The number of amides is 2. The number of sulfonamides is 1. The van der Waals surface area contributed by atoms with Gasteiger partial charge in [-0.3, -0.25) is 13.9 Å². The van der Waals surface area contributed by atoms with Gasteiger partial charge in [0.05, 0.1) is 24.8 Å². The summed E-state index contributed by atoms with van der Waals surface area (Å²) in [6, 6.07) is 21.3. The Kier molecular flexibility index (Phi) is 11.2. The fraction of sp³-hybridized carbons (Fsp3) is 0.355. The molecule has 0 aliphatic carbocycles. The number of rotatable bonds is 14. The van der Waals surface area contributed by atoms with Crippen molar-refractivity contribution in [2.75, 3.05) is 31.6 Å². The number of hydrogen-bond donors (Lipinski definition) is 1. The Morgan fingerprint density at radius 1 is 0.878 bits per heavy atom. The molecule has 0 saturated heterocycles. The van der Waals surface area contributed by atoms with Crippen LogP contribution in [0.4, 0.5) is 5.69 Å². The van der Waals surface area contributed by atoms with E-state index in [2.05, 4.69) is 5.32 Å². The molecule has 0 bridgehead atoms. The molecule has 0 radical (unpaired) electrons. The number of nitrogens with zero attached hydrogens (tertiary/aromatic N) is 2. The van der Waals surface area contributed by atoms with Crippen molar-refractivity contribution >= 4 is 27.5 Å². The maximum atomic E-state index is 14.1. The summed E-state index contributed by atoms with van der Waals surface area (Å²) >= 11 is 0. The first-order valence-corrected chi connectivity index (χ1v) is 15.0. The van der Waals surface area contributed by atoms with Gasteiger partial charge < -0.3 is 19.7 Å². The number of methoxy groups -OCH3 is 2. The third-order valence-electron chi connectivity index (χ3n) is 6.58. The summed E-state index contributed by atoms with van der Waals surface area (Å²) in [4.78, 5) is 28.8. The molecule has 3 aromatic carbocycles. The lowest BCUT2D eigenvalue weighted by molar-refractivity contribution is -0.139. The van der Waals surface area contributed by atoms with Crippen LogP contribution in [0.15, 0.2) is 83.8 Å². The molecule has 220 valence electrons. The van der Waals surface area contributed by atoms with Crippen LogP contribution >= 0.6 is 0 Å². The van der Waals surface area contributed by atoms with E-state index in [1.54, 1.807) is 36.4 Å². The molecule has 0 aliphatic heterocycles. The molecule has 3 rings (SSSR count). The number of para-hydroxylation sites is 2. The molecule has 1 N–H and O–H groups in total. The van der Waals surface area contributed by atoms with Gasteiger partial charge in [-0.15, -0.1) is 0 Å². The molecule has 0 saturated carbocycles.